The van der Waals surface area contributed by atoms with E-state index in [9.17, 15) is 14.7 Å². The molecule has 2 aromatic carbocycles. The number of hydrogen-bond donors (Lipinski definition) is 1. The lowest BCUT2D eigenvalue weighted by Crippen LogP contribution is -2.32. The number of para-hydroxylation sites is 1. The second-order valence-electron chi connectivity index (χ2n) is 7.55. The summed E-state index contributed by atoms with van der Waals surface area (Å²) in [5.41, 5.74) is 2.20. The number of likely N-dealkylation sites (tertiary alicyclic amines) is 1. The summed E-state index contributed by atoms with van der Waals surface area (Å²) in [7, 11) is 4.99. The summed E-state index contributed by atoms with van der Waals surface area (Å²) in [4.78, 5) is 27.6. The van der Waals surface area contributed by atoms with Crippen LogP contribution in [0.5, 0.6) is 5.75 Å². The number of Topliss-reactive ketones (excluding diaryl/α,β-unsaturated/α-hetero) is 1. The van der Waals surface area contributed by atoms with Crippen molar-refractivity contribution in [1.29, 1.82) is 0 Å². The lowest BCUT2D eigenvalue weighted by molar-refractivity contribution is -0.140. The lowest BCUT2D eigenvalue weighted by atomic mass is 9.95. The molecule has 7 nitrogen and oxygen atoms in total. The number of aromatic nitrogens is 1. The van der Waals surface area contributed by atoms with Gasteiger partial charge in [-0.15, -0.1) is 0 Å². The number of rotatable bonds is 6. The first-order chi connectivity index (χ1) is 15.4. The summed E-state index contributed by atoms with van der Waals surface area (Å²) in [5, 5.41) is 12.1. The molecular weight excluding hydrogens is 476 g/mol. The second kappa shape index (κ2) is 8.80. The topological polar surface area (TPSA) is 81.0 Å². The molecule has 1 aromatic heterocycles. The van der Waals surface area contributed by atoms with E-state index in [1.165, 1.54) is 4.90 Å². The minimum Gasteiger partial charge on any atom is -0.507 e. The van der Waals surface area contributed by atoms with Crippen LogP contribution in [0.3, 0.4) is 0 Å². The first-order valence-electron chi connectivity index (χ1n) is 10.0. The Kier molecular flexibility index (Phi) is 6.08. The highest BCUT2D eigenvalue weighted by atomic mass is 79.9. The standard InChI is InChI=1S/C24H23BrN2O5/c1-26-13-16(15-6-4-5-7-18(15)26)21-20(23(29)24(30)27(21)10-11-31-2)22(28)14-8-9-19(32-3)17(25)12-14/h4-9,12-13,21,28H,10-11H2,1-3H3/b22-20+. The normalized spacial score (nSPS) is 18.0. The molecule has 1 amide bonds. The van der Waals surface area contributed by atoms with Gasteiger partial charge >= 0.3 is 0 Å². The second-order valence-corrected chi connectivity index (χ2v) is 8.40. The van der Waals surface area contributed by atoms with E-state index >= 15 is 0 Å². The largest absolute Gasteiger partial charge is 0.507 e. The molecule has 1 aliphatic rings. The molecule has 0 aliphatic carbocycles. The van der Waals surface area contributed by atoms with Crippen LogP contribution in [0.25, 0.3) is 16.7 Å². The monoisotopic (exact) mass is 498 g/mol. The van der Waals surface area contributed by atoms with Crippen molar-refractivity contribution in [2.75, 3.05) is 27.4 Å². The first kappa shape index (κ1) is 22.1. The van der Waals surface area contributed by atoms with E-state index in [0.29, 0.717) is 15.8 Å². The van der Waals surface area contributed by atoms with Crippen LogP contribution in [-0.2, 0) is 21.4 Å². The minimum absolute atomic E-state index is 0.0551. The molecule has 1 fully saturated rings. The number of ether oxygens (including phenoxy) is 2. The molecule has 1 atom stereocenters. The average molecular weight is 499 g/mol. The zero-order chi connectivity index (χ0) is 23.0. The maximum absolute atomic E-state index is 13.1. The zero-order valence-corrected chi connectivity index (χ0v) is 19.5. The molecule has 32 heavy (non-hydrogen) atoms. The number of halogens is 1. The number of benzene rings is 2. The number of hydrogen-bond acceptors (Lipinski definition) is 5. The molecule has 1 unspecified atom stereocenters. The Labute approximate surface area is 194 Å². The quantitative estimate of drug-likeness (QED) is 0.315. The van der Waals surface area contributed by atoms with Crippen LogP contribution >= 0.6 is 15.9 Å². The summed E-state index contributed by atoms with van der Waals surface area (Å²) in [6.07, 6.45) is 1.90. The van der Waals surface area contributed by atoms with Crippen molar-refractivity contribution in [3.8, 4) is 5.75 Å². The highest BCUT2D eigenvalue weighted by molar-refractivity contribution is 9.10. The fraction of sp³-hybridized carbons (Fsp3) is 0.250. The molecule has 0 saturated carbocycles. The first-order valence-corrected chi connectivity index (χ1v) is 10.8. The number of aliphatic hydroxyl groups is 1. The third-order valence-electron chi connectivity index (χ3n) is 5.72. The third kappa shape index (κ3) is 3.59. The Hall–Kier alpha value is -3.10. The number of methoxy groups -OCH3 is 2. The number of nitrogens with zero attached hydrogens (tertiary/aromatic N) is 2. The summed E-state index contributed by atoms with van der Waals surface area (Å²) in [6, 6.07) is 12.0. The van der Waals surface area contributed by atoms with Gasteiger partial charge in [0, 0.05) is 48.9 Å². The lowest BCUT2D eigenvalue weighted by Gasteiger charge is -2.24. The van der Waals surface area contributed by atoms with Crippen molar-refractivity contribution >= 4 is 44.3 Å². The van der Waals surface area contributed by atoms with Gasteiger partial charge in [0.1, 0.15) is 11.5 Å². The van der Waals surface area contributed by atoms with E-state index in [1.807, 2.05) is 42.1 Å². The number of aryl methyl sites for hydroxylation is 1. The van der Waals surface area contributed by atoms with E-state index in [1.54, 1.807) is 32.4 Å². The maximum Gasteiger partial charge on any atom is 0.295 e. The molecule has 0 spiro atoms. The average Bonchev–Trinajstić information content (AvgIpc) is 3.25. The smallest absolute Gasteiger partial charge is 0.295 e. The van der Waals surface area contributed by atoms with Crippen LogP contribution in [0, 0.1) is 0 Å². The van der Waals surface area contributed by atoms with Crippen LogP contribution in [0.15, 0.2) is 58.7 Å². The van der Waals surface area contributed by atoms with Crippen LogP contribution in [0.2, 0.25) is 0 Å². The van der Waals surface area contributed by atoms with Crippen LogP contribution in [0.1, 0.15) is 17.2 Å². The number of aliphatic hydroxyl groups excluding tert-OH is 1. The van der Waals surface area contributed by atoms with Gasteiger partial charge in [-0.2, -0.15) is 0 Å². The van der Waals surface area contributed by atoms with E-state index in [4.69, 9.17) is 9.47 Å². The third-order valence-corrected chi connectivity index (χ3v) is 6.34. The SMILES string of the molecule is COCCN1C(=O)C(=O)/C(=C(/O)c2ccc(OC)c(Br)c2)C1c1cn(C)c2ccccc12. The summed E-state index contributed by atoms with van der Waals surface area (Å²) >= 11 is 3.41. The van der Waals surface area contributed by atoms with Crippen molar-refractivity contribution in [2.45, 2.75) is 6.04 Å². The van der Waals surface area contributed by atoms with Crippen LogP contribution < -0.4 is 4.74 Å². The Morgan fingerprint density at radius 3 is 2.59 bits per heavy atom. The summed E-state index contributed by atoms with van der Waals surface area (Å²) in [6.45, 7) is 0.487. The highest BCUT2D eigenvalue weighted by Crippen LogP contribution is 2.42. The van der Waals surface area contributed by atoms with E-state index in [0.717, 1.165) is 16.5 Å². The highest BCUT2D eigenvalue weighted by Gasteiger charge is 2.46. The Bertz CT molecular complexity index is 1250. The van der Waals surface area contributed by atoms with Gasteiger partial charge in [-0.05, 0) is 40.2 Å². The molecule has 1 saturated heterocycles. The van der Waals surface area contributed by atoms with Gasteiger partial charge in [-0.3, -0.25) is 9.59 Å². The fourth-order valence-corrected chi connectivity index (χ4v) is 4.72. The zero-order valence-electron chi connectivity index (χ0n) is 18.0. The van der Waals surface area contributed by atoms with Crippen molar-refractivity contribution in [1.82, 2.24) is 9.47 Å². The van der Waals surface area contributed by atoms with Gasteiger partial charge in [-0.1, -0.05) is 18.2 Å². The molecule has 2 heterocycles. The van der Waals surface area contributed by atoms with E-state index < -0.39 is 17.7 Å². The van der Waals surface area contributed by atoms with Crippen molar-refractivity contribution in [3.63, 3.8) is 0 Å². The molecule has 8 heteroatoms. The summed E-state index contributed by atoms with van der Waals surface area (Å²) < 4.78 is 13.0. The predicted molar refractivity (Wildman–Crippen MR) is 124 cm³/mol. The number of fused-ring (bicyclic) bond motifs is 1. The Morgan fingerprint density at radius 2 is 1.91 bits per heavy atom. The summed E-state index contributed by atoms with van der Waals surface area (Å²) in [5.74, 6) is -1.02. The van der Waals surface area contributed by atoms with Crippen molar-refractivity contribution in [2.24, 2.45) is 7.05 Å². The van der Waals surface area contributed by atoms with Crippen molar-refractivity contribution < 1.29 is 24.2 Å². The molecule has 0 bridgehead atoms. The van der Waals surface area contributed by atoms with E-state index in [-0.39, 0.29) is 24.5 Å². The number of amides is 1. The maximum atomic E-state index is 13.1. The van der Waals surface area contributed by atoms with Gasteiger partial charge in [0.15, 0.2) is 0 Å². The van der Waals surface area contributed by atoms with E-state index in [2.05, 4.69) is 15.9 Å². The minimum atomic E-state index is -0.739. The van der Waals surface area contributed by atoms with Crippen molar-refractivity contribution in [3.05, 3.63) is 69.8 Å². The molecule has 166 valence electrons. The molecular formula is C24H23BrN2O5. The van der Waals surface area contributed by atoms with Crippen LogP contribution in [-0.4, -0.2) is 53.6 Å². The van der Waals surface area contributed by atoms with Gasteiger partial charge < -0.3 is 24.0 Å². The number of carbonyl (C=O) groups excluding carboxylic acids is 2. The van der Waals surface area contributed by atoms with Gasteiger partial charge in [0.2, 0.25) is 0 Å². The Balaban J connectivity index is 1.94. The Morgan fingerprint density at radius 1 is 1.16 bits per heavy atom. The van der Waals surface area contributed by atoms with Gasteiger partial charge in [0.25, 0.3) is 11.7 Å². The number of carbonyl (C=O) groups is 2. The molecule has 1 N–H and O–H groups in total. The van der Waals surface area contributed by atoms with Gasteiger partial charge in [-0.25, -0.2) is 0 Å². The molecule has 0 radical (unpaired) electrons. The fourth-order valence-electron chi connectivity index (χ4n) is 4.18. The molecule has 4 rings (SSSR count). The number of ketones is 1. The molecule has 3 aromatic rings. The van der Waals surface area contributed by atoms with Crippen LogP contribution in [0.4, 0.5) is 0 Å². The van der Waals surface area contributed by atoms with Gasteiger partial charge in [0.05, 0.1) is 29.8 Å². The molecule has 1 aliphatic heterocycles. The predicted octanol–water partition coefficient (Wildman–Crippen LogP) is 4.02.